The highest BCUT2D eigenvalue weighted by Crippen LogP contribution is 2.20. The maximum atomic E-state index is 13.0. The average molecular weight is 432 g/mol. The Balaban J connectivity index is 1.44. The van der Waals surface area contributed by atoms with E-state index >= 15 is 0 Å². The second-order valence-electron chi connectivity index (χ2n) is 7.53. The summed E-state index contributed by atoms with van der Waals surface area (Å²) in [5.41, 5.74) is 2.07. The molecule has 2 heterocycles. The van der Waals surface area contributed by atoms with Gasteiger partial charge >= 0.3 is 0 Å². The fourth-order valence-electron chi connectivity index (χ4n) is 3.82. The zero-order valence-corrected chi connectivity index (χ0v) is 18.0. The van der Waals surface area contributed by atoms with Crippen LogP contribution < -0.4 is 0 Å². The Morgan fingerprint density at radius 3 is 2.44 bits per heavy atom. The highest BCUT2D eigenvalue weighted by molar-refractivity contribution is 6.42. The molecule has 1 aliphatic rings. The first-order chi connectivity index (χ1) is 15.6. The summed E-state index contributed by atoms with van der Waals surface area (Å²) in [6.45, 7) is 3.43. The third-order valence-electron chi connectivity index (χ3n) is 5.46. The van der Waals surface area contributed by atoms with E-state index in [9.17, 15) is 9.59 Å². The monoisotopic (exact) mass is 432 g/mol. The number of carbonyl (C=O) groups excluding carboxylic acids is 2. The number of oxazole rings is 1. The molecule has 164 valence electrons. The summed E-state index contributed by atoms with van der Waals surface area (Å²) in [7, 11) is 1.51. The van der Waals surface area contributed by atoms with Crippen molar-refractivity contribution in [3.8, 4) is 11.3 Å². The number of hydrogen-bond acceptors (Lipinski definition) is 6. The Bertz CT molecular complexity index is 1090. The molecule has 0 unspecified atom stereocenters. The number of ketones is 1. The minimum atomic E-state index is -0.525. The molecule has 0 radical (unpaired) electrons. The zero-order chi connectivity index (χ0) is 22.5. The van der Waals surface area contributed by atoms with Crippen LogP contribution in [0.25, 0.3) is 11.3 Å². The predicted octanol–water partition coefficient (Wildman–Crippen LogP) is 3.07. The summed E-state index contributed by atoms with van der Waals surface area (Å²) in [6.07, 6.45) is 2.94. The van der Waals surface area contributed by atoms with Crippen molar-refractivity contribution in [3.05, 3.63) is 78.3 Å². The van der Waals surface area contributed by atoms with E-state index in [1.54, 1.807) is 35.4 Å². The van der Waals surface area contributed by atoms with Crippen LogP contribution >= 0.6 is 0 Å². The fraction of sp³-hybridized carbons (Fsp3) is 0.250. The molecule has 4 rings (SSSR count). The number of rotatable bonds is 5. The van der Waals surface area contributed by atoms with Crippen LogP contribution in [0.4, 0.5) is 0 Å². The van der Waals surface area contributed by atoms with Gasteiger partial charge in [0.25, 0.3) is 5.91 Å². The van der Waals surface area contributed by atoms with E-state index in [0.29, 0.717) is 36.8 Å². The van der Waals surface area contributed by atoms with Gasteiger partial charge in [0.2, 0.25) is 5.78 Å². The van der Waals surface area contributed by atoms with Crippen LogP contribution in [0.15, 0.2) is 76.8 Å². The summed E-state index contributed by atoms with van der Waals surface area (Å²) < 4.78 is 5.26. The minimum absolute atomic E-state index is 0.167. The van der Waals surface area contributed by atoms with E-state index in [1.807, 2.05) is 37.3 Å². The number of nitrogens with zero attached hydrogens (tertiary/aromatic N) is 4. The summed E-state index contributed by atoms with van der Waals surface area (Å²) in [6, 6.07) is 16.3. The number of oxime groups is 1. The van der Waals surface area contributed by atoms with Crippen molar-refractivity contribution in [2.45, 2.75) is 13.0 Å². The smallest absolute Gasteiger partial charge is 0.295 e. The molecule has 1 amide bonds. The molecule has 0 bridgehead atoms. The van der Waals surface area contributed by atoms with Crippen LogP contribution in [0.3, 0.4) is 0 Å². The zero-order valence-electron chi connectivity index (χ0n) is 18.0. The van der Waals surface area contributed by atoms with Gasteiger partial charge < -0.3 is 19.1 Å². The van der Waals surface area contributed by atoms with Gasteiger partial charge in [0.1, 0.15) is 7.11 Å². The maximum Gasteiger partial charge on any atom is 0.295 e. The largest absolute Gasteiger partial charge is 0.444 e. The quantitative estimate of drug-likeness (QED) is 0.202. The molecule has 8 heteroatoms. The van der Waals surface area contributed by atoms with Crippen LogP contribution in [0.5, 0.6) is 0 Å². The summed E-state index contributed by atoms with van der Waals surface area (Å²) in [4.78, 5) is 38.5. The number of aromatic nitrogens is 1. The van der Waals surface area contributed by atoms with Gasteiger partial charge in [-0.2, -0.15) is 0 Å². The Morgan fingerprint density at radius 1 is 1.06 bits per heavy atom. The number of amidine groups is 1. The molecule has 0 aliphatic carbocycles. The first-order valence-electron chi connectivity index (χ1n) is 10.3. The second-order valence-corrected chi connectivity index (χ2v) is 7.53. The number of Topliss-reactive ketones (excluding diaryl/α,β-unsaturated/α-hetero) is 1. The van der Waals surface area contributed by atoms with Crippen LogP contribution in [0.2, 0.25) is 0 Å². The van der Waals surface area contributed by atoms with Gasteiger partial charge in [0.05, 0.1) is 6.20 Å². The van der Waals surface area contributed by atoms with Gasteiger partial charge in [0, 0.05) is 42.4 Å². The molecule has 3 aromatic rings. The Kier molecular flexibility index (Phi) is 6.30. The van der Waals surface area contributed by atoms with Crippen molar-refractivity contribution in [3.63, 3.8) is 0 Å². The SMILES string of the molecule is CON=C(c1ccccc1)N1CCN(C(=O)C(=O)c2ccc(-c3cnco3)cc2)[C@H](C)C1. The molecule has 2 aromatic carbocycles. The third kappa shape index (κ3) is 4.39. The molecule has 1 aromatic heterocycles. The van der Waals surface area contributed by atoms with Crippen LogP contribution in [0, 0.1) is 0 Å². The molecule has 1 aliphatic heterocycles. The number of hydrogen-bond donors (Lipinski definition) is 0. The Hall–Kier alpha value is -3.94. The lowest BCUT2D eigenvalue weighted by molar-refractivity contribution is -0.130. The number of carbonyl (C=O) groups is 2. The first-order valence-corrected chi connectivity index (χ1v) is 10.3. The van der Waals surface area contributed by atoms with Crippen molar-refractivity contribution in [2.75, 3.05) is 26.7 Å². The minimum Gasteiger partial charge on any atom is -0.444 e. The van der Waals surface area contributed by atoms with Gasteiger partial charge in [-0.15, -0.1) is 0 Å². The van der Waals surface area contributed by atoms with E-state index in [2.05, 4.69) is 15.0 Å². The molecular formula is C24H24N4O4. The normalized spacial score (nSPS) is 16.7. The van der Waals surface area contributed by atoms with E-state index in [-0.39, 0.29) is 6.04 Å². The highest BCUT2D eigenvalue weighted by atomic mass is 16.6. The molecule has 32 heavy (non-hydrogen) atoms. The number of amides is 1. The van der Waals surface area contributed by atoms with Crippen molar-refractivity contribution in [1.82, 2.24) is 14.8 Å². The van der Waals surface area contributed by atoms with Crippen LogP contribution in [-0.2, 0) is 9.63 Å². The average Bonchev–Trinajstić information content (AvgIpc) is 3.37. The van der Waals surface area contributed by atoms with Crippen molar-refractivity contribution in [2.24, 2.45) is 5.16 Å². The summed E-state index contributed by atoms with van der Waals surface area (Å²) >= 11 is 0. The van der Waals surface area contributed by atoms with Crippen molar-refractivity contribution < 1.29 is 18.8 Å². The third-order valence-corrected chi connectivity index (χ3v) is 5.46. The van der Waals surface area contributed by atoms with Crippen LogP contribution in [0.1, 0.15) is 22.8 Å². The molecule has 8 nitrogen and oxygen atoms in total. The molecule has 1 fully saturated rings. The van der Waals surface area contributed by atoms with E-state index in [4.69, 9.17) is 9.25 Å². The first kappa shape index (κ1) is 21.3. The van der Waals surface area contributed by atoms with Gasteiger partial charge in [-0.3, -0.25) is 9.59 Å². The van der Waals surface area contributed by atoms with E-state index in [1.165, 1.54) is 13.5 Å². The van der Waals surface area contributed by atoms with Crippen molar-refractivity contribution >= 4 is 17.5 Å². The summed E-state index contributed by atoms with van der Waals surface area (Å²) in [5, 5.41) is 4.19. The fourth-order valence-corrected chi connectivity index (χ4v) is 3.82. The standard InChI is InChI=1S/C24H24N4O4/c1-17-15-27(23(26-31-2)20-6-4-3-5-7-20)12-13-28(17)24(30)22(29)19-10-8-18(9-11-19)21-14-25-16-32-21/h3-11,14,16-17H,12-13,15H2,1-2H3/t17-/m1/s1. The molecule has 1 atom stereocenters. The van der Waals surface area contributed by atoms with Gasteiger partial charge in [0.15, 0.2) is 18.0 Å². The topological polar surface area (TPSA) is 88.2 Å². The molecule has 0 spiro atoms. The molecule has 0 N–H and O–H groups in total. The van der Waals surface area contributed by atoms with Crippen molar-refractivity contribution in [1.29, 1.82) is 0 Å². The number of piperazine rings is 1. The van der Waals surface area contributed by atoms with E-state index in [0.717, 1.165) is 11.1 Å². The maximum absolute atomic E-state index is 13.0. The van der Waals surface area contributed by atoms with Gasteiger partial charge in [-0.05, 0) is 6.92 Å². The lowest BCUT2D eigenvalue weighted by Gasteiger charge is -2.40. The predicted molar refractivity (Wildman–Crippen MR) is 119 cm³/mol. The Morgan fingerprint density at radius 2 is 1.81 bits per heavy atom. The Labute approximate surface area is 186 Å². The molecule has 0 saturated carbocycles. The number of benzene rings is 2. The van der Waals surface area contributed by atoms with Gasteiger partial charge in [-0.1, -0.05) is 59.8 Å². The lowest BCUT2D eigenvalue weighted by atomic mass is 10.0. The lowest BCUT2D eigenvalue weighted by Crippen LogP contribution is -2.57. The van der Waals surface area contributed by atoms with Crippen LogP contribution in [-0.4, -0.2) is 65.1 Å². The second kappa shape index (κ2) is 9.47. The summed E-state index contributed by atoms with van der Waals surface area (Å²) in [5.74, 6) is 0.283. The van der Waals surface area contributed by atoms with Gasteiger partial charge in [-0.25, -0.2) is 4.98 Å². The van der Waals surface area contributed by atoms with E-state index < -0.39 is 11.7 Å². The highest BCUT2D eigenvalue weighted by Gasteiger charge is 2.33. The molecule has 1 saturated heterocycles. The molecular weight excluding hydrogens is 408 g/mol.